The number of hydrogen-bond acceptors (Lipinski definition) is 4. The van der Waals surface area contributed by atoms with E-state index in [0.717, 1.165) is 21.9 Å². The maximum atomic E-state index is 13.6. The number of rotatable bonds is 10. The highest BCUT2D eigenvalue weighted by atomic mass is 32.2. The molecule has 1 aliphatic rings. The number of sulfonamides is 1. The number of nitrogens with zero attached hydrogens (tertiary/aromatic N) is 2. The molecule has 0 fully saturated rings. The molecule has 1 unspecified atom stereocenters. The minimum absolute atomic E-state index is 0.0401. The minimum Gasteiger partial charge on any atom is -0.352 e. The summed E-state index contributed by atoms with van der Waals surface area (Å²) >= 11 is 0. The van der Waals surface area contributed by atoms with Crippen molar-refractivity contribution in [2.45, 2.75) is 70.5 Å². The van der Waals surface area contributed by atoms with Crippen molar-refractivity contribution in [2.24, 2.45) is 0 Å². The number of aryl methyl sites for hydroxylation is 1. The molecule has 0 radical (unpaired) electrons. The molecule has 37 heavy (non-hydrogen) atoms. The van der Waals surface area contributed by atoms with Gasteiger partial charge in [-0.15, -0.1) is 0 Å². The summed E-state index contributed by atoms with van der Waals surface area (Å²) in [6.45, 7) is 8.19. The minimum atomic E-state index is -3.67. The monoisotopic (exact) mass is 521 g/mol. The topological polar surface area (TPSA) is 86.8 Å². The Morgan fingerprint density at radius 3 is 2.38 bits per heavy atom. The molecule has 8 heteroatoms. The van der Waals surface area contributed by atoms with Gasteiger partial charge in [-0.25, -0.2) is 8.42 Å². The van der Waals surface area contributed by atoms with Crippen molar-refractivity contribution in [3.05, 3.63) is 71.8 Å². The summed E-state index contributed by atoms with van der Waals surface area (Å²) in [5.74, 6) is -0.343. The average molecular weight is 522 g/mol. The largest absolute Gasteiger partial charge is 0.352 e. The highest BCUT2D eigenvalue weighted by molar-refractivity contribution is 7.93. The molecule has 196 valence electrons. The highest BCUT2D eigenvalue weighted by Crippen LogP contribution is 2.42. The molecule has 4 rings (SSSR count). The van der Waals surface area contributed by atoms with Crippen molar-refractivity contribution >= 4 is 38.3 Å². The molecule has 0 saturated carbocycles. The fraction of sp³-hybridized carbons (Fsp3) is 0.379. The summed E-state index contributed by atoms with van der Waals surface area (Å²) in [5, 5.41) is 4.55. The standard InChI is InChI=1S/C29H35N3O4S/c1-5-24(29(34)30-20(2)3)31(19-23-12-7-6-11-21(23)4)27(33)17-10-18-32-25-15-8-13-22-14-9-16-26(28(22)25)37(32,35)36/h6-9,11-16,20,24H,5,10,17-19H2,1-4H3,(H,30,34). The zero-order chi connectivity index (χ0) is 26.7. The number of nitrogens with one attached hydrogen (secondary N) is 1. The lowest BCUT2D eigenvalue weighted by Gasteiger charge is -2.32. The van der Waals surface area contributed by atoms with Crippen LogP contribution in [0.1, 0.15) is 51.2 Å². The lowest BCUT2D eigenvalue weighted by molar-refractivity contribution is -0.141. The third-order valence-electron chi connectivity index (χ3n) is 6.85. The Bertz CT molecular complexity index is 1410. The summed E-state index contributed by atoms with van der Waals surface area (Å²) < 4.78 is 28.0. The third kappa shape index (κ3) is 5.34. The normalized spacial score (nSPS) is 14.7. The number of benzene rings is 3. The van der Waals surface area contributed by atoms with Crippen LogP contribution in [0.2, 0.25) is 0 Å². The van der Waals surface area contributed by atoms with Crippen molar-refractivity contribution in [1.82, 2.24) is 10.2 Å². The van der Waals surface area contributed by atoms with Crippen molar-refractivity contribution in [3.8, 4) is 0 Å². The SMILES string of the molecule is CCC(C(=O)NC(C)C)N(Cc1ccccc1C)C(=O)CCCN1c2cccc3cccc(c23)S1(=O)=O. The molecule has 1 N–H and O–H groups in total. The molecule has 0 bridgehead atoms. The van der Waals surface area contributed by atoms with Gasteiger partial charge in [0.15, 0.2) is 0 Å². The van der Waals surface area contributed by atoms with E-state index in [1.807, 2.05) is 76.2 Å². The molecule has 1 atom stereocenters. The maximum Gasteiger partial charge on any atom is 0.265 e. The summed E-state index contributed by atoms with van der Waals surface area (Å²) in [6.07, 6.45) is 0.957. The van der Waals surface area contributed by atoms with Crippen molar-refractivity contribution in [3.63, 3.8) is 0 Å². The Labute approximate surface area is 219 Å². The van der Waals surface area contributed by atoms with Gasteiger partial charge in [-0.3, -0.25) is 13.9 Å². The first-order valence-electron chi connectivity index (χ1n) is 12.8. The zero-order valence-electron chi connectivity index (χ0n) is 21.9. The lowest BCUT2D eigenvalue weighted by atomic mass is 10.0. The summed E-state index contributed by atoms with van der Waals surface area (Å²) in [7, 11) is -3.67. The van der Waals surface area contributed by atoms with Crippen LogP contribution in [0.25, 0.3) is 10.8 Å². The first kappa shape index (κ1) is 26.7. The van der Waals surface area contributed by atoms with Crippen LogP contribution in [-0.2, 0) is 26.2 Å². The average Bonchev–Trinajstić information content (AvgIpc) is 3.07. The van der Waals surface area contributed by atoms with Crippen LogP contribution in [0.15, 0.2) is 65.6 Å². The summed E-state index contributed by atoms with van der Waals surface area (Å²) in [4.78, 5) is 28.5. The Morgan fingerprint density at radius 1 is 1.00 bits per heavy atom. The lowest BCUT2D eigenvalue weighted by Crippen LogP contribution is -2.50. The van der Waals surface area contributed by atoms with Gasteiger partial charge >= 0.3 is 0 Å². The fourth-order valence-electron chi connectivity index (χ4n) is 4.99. The molecule has 0 spiro atoms. The molecule has 7 nitrogen and oxygen atoms in total. The molecule has 3 aromatic rings. The summed E-state index contributed by atoms with van der Waals surface area (Å²) in [5.41, 5.74) is 2.68. The Balaban J connectivity index is 1.53. The van der Waals surface area contributed by atoms with Gasteiger partial charge in [0.25, 0.3) is 10.0 Å². The van der Waals surface area contributed by atoms with Gasteiger partial charge in [-0.1, -0.05) is 55.5 Å². The van der Waals surface area contributed by atoms with Crippen LogP contribution in [0.5, 0.6) is 0 Å². The van der Waals surface area contributed by atoms with Gasteiger partial charge in [-0.2, -0.15) is 0 Å². The fourth-order valence-corrected chi connectivity index (χ4v) is 6.74. The third-order valence-corrected chi connectivity index (χ3v) is 8.71. The van der Waals surface area contributed by atoms with Gasteiger partial charge in [-0.05, 0) is 62.3 Å². The highest BCUT2D eigenvalue weighted by Gasteiger charge is 2.35. The first-order valence-corrected chi connectivity index (χ1v) is 14.3. The number of anilines is 1. The van der Waals surface area contributed by atoms with Crippen molar-refractivity contribution < 1.29 is 18.0 Å². The Hall–Kier alpha value is -3.39. The van der Waals surface area contributed by atoms with Crippen LogP contribution in [0.4, 0.5) is 5.69 Å². The molecular weight excluding hydrogens is 486 g/mol. The Morgan fingerprint density at radius 2 is 1.70 bits per heavy atom. The summed E-state index contributed by atoms with van der Waals surface area (Å²) in [6, 6.07) is 18.0. The molecule has 3 aromatic carbocycles. The second-order valence-electron chi connectivity index (χ2n) is 9.85. The van der Waals surface area contributed by atoms with E-state index < -0.39 is 16.1 Å². The molecule has 0 saturated heterocycles. The molecule has 0 aliphatic carbocycles. The quantitative estimate of drug-likeness (QED) is 0.416. The second-order valence-corrected chi connectivity index (χ2v) is 11.7. The van der Waals surface area contributed by atoms with E-state index in [-0.39, 0.29) is 30.8 Å². The number of carbonyl (C=O) groups is 2. The maximum absolute atomic E-state index is 13.6. The van der Waals surface area contributed by atoms with Gasteiger partial charge in [0, 0.05) is 30.9 Å². The van der Waals surface area contributed by atoms with E-state index >= 15 is 0 Å². The number of carbonyl (C=O) groups excluding carboxylic acids is 2. The van der Waals surface area contributed by atoms with E-state index in [1.54, 1.807) is 17.0 Å². The first-order chi connectivity index (χ1) is 17.6. The number of amides is 2. The molecule has 2 amide bonds. The van der Waals surface area contributed by atoms with Gasteiger partial charge < -0.3 is 10.2 Å². The Kier molecular flexibility index (Phi) is 7.87. The van der Waals surface area contributed by atoms with Crippen LogP contribution < -0.4 is 9.62 Å². The second kappa shape index (κ2) is 10.9. The molecule has 1 aliphatic heterocycles. The number of hydrogen-bond donors (Lipinski definition) is 1. The van der Waals surface area contributed by atoms with Crippen molar-refractivity contribution in [2.75, 3.05) is 10.8 Å². The predicted molar refractivity (Wildman–Crippen MR) is 147 cm³/mol. The zero-order valence-corrected chi connectivity index (χ0v) is 22.7. The van der Waals surface area contributed by atoms with E-state index in [0.29, 0.717) is 30.0 Å². The van der Waals surface area contributed by atoms with E-state index in [1.165, 1.54) is 4.31 Å². The predicted octanol–water partition coefficient (Wildman–Crippen LogP) is 4.77. The van der Waals surface area contributed by atoms with Crippen LogP contribution in [0.3, 0.4) is 0 Å². The molecule has 1 heterocycles. The smallest absolute Gasteiger partial charge is 0.265 e. The van der Waals surface area contributed by atoms with Crippen LogP contribution >= 0.6 is 0 Å². The van der Waals surface area contributed by atoms with Gasteiger partial charge in [0.2, 0.25) is 11.8 Å². The van der Waals surface area contributed by atoms with Crippen LogP contribution in [-0.4, -0.2) is 43.8 Å². The molecule has 0 aromatic heterocycles. The van der Waals surface area contributed by atoms with E-state index in [9.17, 15) is 18.0 Å². The van der Waals surface area contributed by atoms with E-state index in [2.05, 4.69) is 5.32 Å². The van der Waals surface area contributed by atoms with E-state index in [4.69, 9.17) is 0 Å². The van der Waals surface area contributed by atoms with Crippen LogP contribution in [0, 0.1) is 6.92 Å². The molecular formula is C29H35N3O4S. The van der Waals surface area contributed by atoms with Gasteiger partial charge in [0.1, 0.15) is 6.04 Å². The van der Waals surface area contributed by atoms with Gasteiger partial charge in [0.05, 0.1) is 10.6 Å². The van der Waals surface area contributed by atoms with Crippen molar-refractivity contribution in [1.29, 1.82) is 0 Å².